The fourth-order valence-corrected chi connectivity index (χ4v) is 11.5. The first-order chi connectivity index (χ1) is 21.4. The number of aromatic hydroxyl groups is 2. The van der Waals surface area contributed by atoms with Crippen molar-refractivity contribution in [3.63, 3.8) is 0 Å². The molecule has 2 rings (SSSR count). The Hall–Kier alpha value is -2.19. The lowest BCUT2D eigenvalue weighted by Gasteiger charge is -2.35. The minimum absolute atomic E-state index is 0.0784. The first-order valence-corrected chi connectivity index (χ1v) is 19.5. The Labute approximate surface area is 275 Å². The second-order valence-electron chi connectivity index (χ2n) is 12.7. The summed E-state index contributed by atoms with van der Waals surface area (Å²) >= 11 is 0. The summed E-state index contributed by atoms with van der Waals surface area (Å²) in [4.78, 5) is 13.4. The van der Waals surface area contributed by atoms with Crippen LogP contribution in [0.2, 0.25) is 0 Å². The second-order valence-corrected chi connectivity index (χ2v) is 17.3. The first-order valence-electron chi connectivity index (χ1n) is 16.3. The summed E-state index contributed by atoms with van der Waals surface area (Å²) in [6.45, 7) is 17.8. The van der Waals surface area contributed by atoms with Crippen LogP contribution in [-0.4, -0.2) is 45.9 Å². The minimum atomic E-state index is -4.15. The molecule has 46 heavy (non-hydrogen) atoms. The van der Waals surface area contributed by atoms with E-state index in [0.717, 1.165) is 24.0 Å². The number of rotatable bonds is 19. The number of benzene rings is 2. The van der Waals surface area contributed by atoms with Crippen molar-refractivity contribution in [1.82, 2.24) is 0 Å². The monoisotopic (exact) mass is 683 g/mol. The Morgan fingerprint density at radius 2 is 1.11 bits per heavy atom. The van der Waals surface area contributed by atoms with Gasteiger partial charge in [-0.25, -0.2) is 0 Å². The van der Waals surface area contributed by atoms with Gasteiger partial charge in [-0.1, -0.05) is 32.0 Å². The van der Waals surface area contributed by atoms with Crippen LogP contribution >= 0.6 is 15.2 Å². The van der Waals surface area contributed by atoms with Gasteiger partial charge in [0.05, 0.1) is 30.1 Å². The number of phenolic OH excluding ortho intramolecular Hbond substituents is 2. The van der Waals surface area contributed by atoms with Crippen molar-refractivity contribution >= 4 is 26.8 Å². The maximum absolute atomic E-state index is 14.4. The summed E-state index contributed by atoms with van der Waals surface area (Å²) in [6.07, 6.45) is -0.895. The van der Waals surface area contributed by atoms with Gasteiger partial charge < -0.3 is 33.6 Å². The van der Waals surface area contributed by atoms with Gasteiger partial charge in [0.1, 0.15) is 11.5 Å². The molecule has 0 saturated carbocycles. The molecule has 0 aliphatic carbocycles. The van der Waals surface area contributed by atoms with E-state index in [4.69, 9.17) is 18.1 Å². The van der Waals surface area contributed by atoms with Crippen molar-refractivity contribution in [2.45, 2.75) is 137 Å². The molecule has 12 heteroatoms. The van der Waals surface area contributed by atoms with Crippen LogP contribution in [0.5, 0.6) is 11.5 Å². The Balaban J connectivity index is 2.42. The molecule has 2 aromatic carbocycles. The maximum atomic E-state index is 14.4. The van der Waals surface area contributed by atoms with E-state index in [0.29, 0.717) is 0 Å². The molecule has 260 valence electrons. The summed E-state index contributed by atoms with van der Waals surface area (Å²) in [5.74, 6) is -0.164. The summed E-state index contributed by atoms with van der Waals surface area (Å²) in [7, 11) is -8.31. The fraction of sp³-hybridized carbons (Fsp3) is 0.618. The number of amides is 1. The van der Waals surface area contributed by atoms with Crippen molar-refractivity contribution in [2.75, 3.05) is 5.32 Å². The Kier molecular flexibility index (Phi) is 15.5. The zero-order valence-corrected chi connectivity index (χ0v) is 30.8. The molecule has 2 atom stereocenters. The van der Waals surface area contributed by atoms with E-state index in [2.05, 4.69) is 19.2 Å². The minimum Gasteiger partial charge on any atom is -0.508 e. The highest BCUT2D eigenvalue weighted by atomic mass is 31.2. The zero-order valence-electron chi connectivity index (χ0n) is 29.1. The Bertz CT molecular complexity index is 1280. The molecule has 3 N–H and O–H groups in total. The number of carbonyl (C=O) groups excluding carboxylic acids is 1. The van der Waals surface area contributed by atoms with Crippen LogP contribution in [0.15, 0.2) is 42.5 Å². The van der Waals surface area contributed by atoms with Gasteiger partial charge in [-0.2, -0.15) is 0 Å². The van der Waals surface area contributed by atoms with Gasteiger partial charge in [0, 0.05) is 6.42 Å². The number of nitrogens with one attached hydrogen (secondary N) is 1. The second kappa shape index (κ2) is 17.8. The van der Waals surface area contributed by atoms with E-state index < -0.39 is 50.9 Å². The molecule has 0 aliphatic rings. The van der Waals surface area contributed by atoms with E-state index in [-0.39, 0.29) is 41.9 Å². The largest absolute Gasteiger partial charge is 0.508 e. The van der Waals surface area contributed by atoms with Crippen LogP contribution in [0, 0.1) is 0 Å². The van der Waals surface area contributed by atoms with Crippen LogP contribution < -0.4 is 5.32 Å². The number of hydrogen-bond acceptors (Lipinski definition) is 9. The number of hydrogen-bond donors (Lipinski definition) is 3. The van der Waals surface area contributed by atoms with E-state index >= 15 is 0 Å². The van der Waals surface area contributed by atoms with Crippen molar-refractivity contribution in [2.24, 2.45) is 0 Å². The SMILES string of the molecule is CCC(c1ccc(O)cc1)C(CC)c1ccc(O)c(NC(=O)CCC(P(=O)(OC(C)C)OC(C)C)P(=O)(OC(C)C)OC(C)C)c1. The van der Waals surface area contributed by atoms with E-state index in [1.54, 1.807) is 79.7 Å². The lowest BCUT2D eigenvalue weighted by molar-refractivity contribution is -0.116. The molecule has 0 saturated heterocycles. The molecule has 0 spiro atoms. The van der Waals surface area contributed by atoms with Crippen molar-refractivity contribution in [3.8, 4) is 11.5 Å². The molecule has 0 aliphatic heterocycles. The highest BCUT2D eigenvalue weighted by Crippen LogP contribution is 2.73. The number of phenols is 2. The molecular formula is C34H55NO9P2. The van der Waals surface area contributed by atoms with Crippen LogP contribution in [-0.2, 0) is 32.0 Å². The predicted octanol–water partition coefficient (Wildman–Crippen LogP) is 9.92. The van der Waals surface area contributed by atoms with Gasteiger partial charge in [0.25, 0.3) is 0 Å². The first kappa shape index (κ1) is 40.0. The molecule has 2 aromatic rings. The highest BCUT2D eigenvalue weighted by molar-refractivity contribution is 7.72. The van der Waals surface area contributed by atoms with Gasteiger partial charge in [-0.3, -0.25) is 13.9 Å². The molecule has 1 amide bonds. The lowest BCUT2D eigenvalue weighted by atomic mass is 9.78. The summed E-state index contributed by atoms with van der Waals surface area (Å²) < 4.78 is 52.1. The van der Waals surface area contributed by atoms with Gasteiger partial charge in [0.2, 0.25) is 5.91 Å². The molecule has 0 bridgehead atoms. The third-order valence-electron chi connectivity index (χ3n) is 7.20. The van der Waals surface area contributed by atoms with Crippen molar-refractivity contribution in [3.05, 3.63) is 53.6 Å². The zero-order chi connectivity index (χ0) is 34.8. The summed E-state index contributed by atoms with van der Waals surface area (Å²) in [5, 5.41) is 21.9. The van der Waals surface area contributed by atoms with Crippen LogP contribution in [0.1, 0.15) is 118 Å². The predicted molar refractivity (Wildman–Crippen MR) is 184 cm³/mol. The number of anilines is 1. The number of carbonyl (C=O) groups is 1. The molecule has 0 heterocycles. The third kappa shape index (κ3) is 11.5. The van der Waals surface area contributed by atoms with Crippen molar-refractivity contribution < 1.29 is 42.2 Å². The molecule has 0 fully saturated rings. The average molecular weight is 684 g/mol. The highest BCUT2D eigenvalue weighted by Gasteiger charge is 2.52. The van der Waals surface area contributed by atoms with E-state index in [1.807, 2.05) is 18.2 Å². The van der Waals surface area contributed by atoms with E-state index in [9.17, 15) is 24.1 Å². The quantitative estimate of drug-likeness (QED) is 0.0974. The molecule has 2 unspecified atom stereocenters. The lowest BCUT2D eigenvalue weighted by Crippen LogP contribution is -2.25. The van der Waals surface area contributed by atoms with Gasteiger partial charge >= 0.3 is 15.2 Å². The fourth-order valence-electron chi connectivity index (χ4n) is 5.58. The average Bonchev–Trinajstić information content (AvgIpc) is 2.91. The molecule has 10 nitrogen and oxygen atoms in total. The molecule has 0 radical (unpaired) electrons. The topological polar surface area (TPSA) is 141 Å². The Morgan fingerprint density at radius 1 is 0.696 bits per heavy atom. The normalized spacial score (nSPS) is 14.1. The standard InChI is InChI=1S/C34H55NO9P2/c1-11-29(26-13-16-28(36)17-14-26)30(12-2)27-15-18-32(37)31(21-27)35-33(38)19-20-34(45(39,41-22(3)4)42-23(5)6)46(40,43-24(7)8)44-25(9)10/h13-18,21-25,29-30,34,36-37H,11-12,19-20H2,1-10H3,(H,35,38). The van der Waals surface area contributed by atoms with Gasteiger partial charge in [-0.15, -0.1) is 0 Å². The van der Waals surface area contributed by atoms with Gasteiger partial charge in [-0.05, 0) is 122 Å². The maximum Gasteiger partial charge on any atom is 0.346 e. The molecule has 0 aromatic heterocycles. The smallest absolute Gasteiger partial charge is 0.346 e. The van der Waals surface area contributed by atoms with Crippen molar-refractivity contribution in [1.29, 1.82) is 0 Å². The summed E-state index contributed by atoms with van der Waals surface area (Å²) in [6, 6.07) is 12.4. The molecular weight excluding hydrogens is 628 g/mol. The van der Waals surface area contributed by atoms with Gasteiger partial charge in [0.15, 0.2) is 5.40 Å². The van der Waals surface area contributed by atoms with Crippen LogP contribution in [0.25, 0.3) is 0 Å². The third-order valence-corrected chi connectivity index (χ3v) is 13.7. The summed E-state index contributed by atoms with van der Waals surface area (Å²) in [5.41, 5.74) is 2.26. The van der Waals surface area contributed by atoms with E-state index in [1.165, 1.54) is 0 Å². The Morgan fingerprint density at radius 3 is 1.52 bits per heavy atom. The van der Waals surface area contributed by atoms with Crippen LogP contribution in [0.3, 0.4) is 0 Å². The van der Waals surface area contributed by atoms with Crippen LogP contribution in [0.4, 0.5) is 5.69 Å².